The lowest BCUT2D eigenvalue weighted by atomic mass is 10.1. The summed E-state index contributed by atoms with van der Waals surface area (Å²) in [5.74, 6) is 2.46. The van der Waals surface area contributed by atoms with Crippen molar-refractivity contribution in [3.8, 4) is 40.1 Å². The molecule has 0 saturated heterocycles. The molecule has 1 aromatic heterocycles. The van der Waals surface area contributed by atoms with Gasteiger partial charge in [0.15, 0.2) is 17.3 Å². The second kappa shape index (κ2) is 8.02. The molecule has 0 saturated carbocycles. The van der Waals surface area contributed by atoms with Crippen molar-refractivity contribution in [2.75, 3.05) is 27.6 Å². The smallest absolute Gasteiger partial charge is 0.239 e. The predicted octanol–water partition coefficient (Wildman–Crippen LogP) is 4.55. The molecule has 0 fully saturated rings. The predicted molar refractivity (Wildman–Crippen MR) is 112 cm³/mol. The van der Waals surface area contributed by atoms with E-state index in [1.165, 1.54) is 14.2 Å². The summed E-state index contributed by atoms with van der Waals surface area (Å²) in [6.45, 7) is 4.54. The molecule has 0 spiro atoms. The molecule has 4 rings (SSSR count). The lowest BCUT2D eigenvalue weighted by Crippen LogP contribution is -2.09. The SMILES string of the molecule is COc1c(-c2ccc3c(c2)OCO3)oc2cc(OCC=C(C)C)cc(OC)c2c1=O. The van der Waals surface area contributed by atoms with Crippen molar-refractivity contribution < 1.29 is 28.1 Å². The summed E-state index contributed by atoms with van der Waals surface area (Å²) < 4.78 is 33.5. The molecule has 0 unspecified atom stereocenters. The zero-order valence-corrected chi connectivity index (χ0v) is 17.2. The van der Waals surface area contributed by atoms with E-state index in [1.54, 1.807) is 30.3 Å². The second-order valence-corrected chi connectivity index (χ2v) is 6.95. The first kappa shape index (κ1) is 19.7. The lowest BCUT2D eigenvalue weighted by Gasteiger charge is -2.13. The van der Waals surface area contributed by atoms with Crippen LogP contribution in [0.1, 0.15) is 13.8 Å². The van der Waals surface area contributed by atoms with Crippen LogP contribution in [0.5, 0.6) is 28.7 Å². The van der Waals surface area contributed by atoms with Crippen LogP contribution in [0.15, 0.2) is 51.2 Å². The molecule has 7 heteroatoms. The zero-order chi connectivity index (χ0) is 21.3. The highest BCUT2D eigenvalue weighted by Crippen LogP contribution is 2.40. The first-order chi connectivity index (χ1) is 14.5. The highest BCUT2D eigenvalue weighted by molar-refractivity contribution is 5.88. The summed E-state index contributed by atoms with van der Waals surface area (Å²) in [7, 11) is 2.92. The Morgan fingerprint density at radius 2 is 1.87 bits per heavy atom. The molecule has 3 aromatic rings. The van der Waals surface area contributed by atoms with Crippen LogP contribution in [-0.2, 0) is 0 Å². The molecular weight excluding hydrogens is 388 g/mol. The number of hydrogen-bond donors (Lipinski definition) is 0. The van der Waals surface area contributed by atoms with Crippen LogP contribution in [0, 0.1) is 0 Å². The van der Waals surface area contributed by atoms with Crippen LogP contribution >= 0.6 is 0 Å². The Morgan fingerprint density at radius 1 is 1.07 bits per heavy atom. The Kier molecular flexibility index (Phi) is 5.27. The van der Waals surface area contributed by atoms with E-state index >= 15 is 0 Å². The number of methoxy groups -OCH3 is 2. The Morgan fingerprint density at radius 3 is 2.60 bits per heavy atom. The van der Waals surface area contributed by atoms with Gasteiger partial charge in [-0.15, -0.1) is 0 Å². The van der Waals surface area contributed by atoms with Gasteiger partial charge in [0.2, 0.25) is 18.0 Å². The molecular formula is C23H22O7. The molecule has 0 bridgehead atoms. The van der Waals surface area contributed by atoms with Gasteiger partial charge in [-0.25, -0.2) is 0 Å². The van der Waals surface area contributed by atoms with E-state index < -0.39 is 0 Å². The number of ether oxygens (including phenoxy) is 5. The van der Waals surface area contributed by atoms with Crippen molar-refractivity contribution in [3.63, 3.8) is 0 Å². The molecule has 156 valence electrons. The minimum atomic E-state index is -0.334. The quantitative estimate of drug-likeness (QED) is 0.552. The average Bonchev–Trinajstić information content (AvgIpc) is 3.20. The molecule has 0 atom stereocenters. The van der Waals surface area contributed by atoms with Crippen LogP contribution in [-0.4, -0.2) is 27.6 Å². The number of hydrogen-bond acceptors (Lipinski definition) is 7. The van der Waals surface area contributed by atoms with E-state index in [2.05, 4.69) is 0 Å². The van der Waals surface area contributed by atoms with Crippen molar-refractivity contribution >= 4 is 11.0 Å². The fourth-order valence-corrected chi connectivity index (χ4v) is 3.21. The summed E-state index contributed by atoms with van der Waals surface area (Å²) in [6, 6.07) is 8.64. The normalized spacial score (nSPS) is 12.0. The van der Waals surface area contributed by atoms with E-state index in [0.29, 0.717) is 40.8 Å². The molecule has 0 radical (unpaired) electrons. The van der Waals surface area contributed by atoms with Crippen LogP contribution in [0.25, 0.3) is 22.3 Å². The topological polar surface area (TPSA) is 76.4 Å². The van der Waals surface area contributed by atoms with Gasteiger partial charge in [0.25, 0.3) is 0 Å². The van der Waals surface area contributed by atoms with Crippen LogP contribution in [0.4, 0.5) is 0 Å². The molecule has 7 nitrogen and oxygen atoms in total. The second-order valence-electron chi connectivity index (χ2n) is 6.95. The van der Waals surface area contributed by atoms with Gasteiger partial charge in [-0.2, -0.15) is 0 Å². The molecule has 0 aliphatic carbocycles. The Labute approximate surface area is 173 Å². The first-order valence-corrected chi connectivity index (χ1v) is 9.41. The number of benzene rings is 2. The van der Waals surface area contributed by atoms with E-state index in [0.717, 1.165) is 5.57 Å². The van der Waals surface area contributed by atoms with Crippen molar-refractivity contribution in [1.29, 1.82) is 0 Å². The first-order valence-electron chi connectivity index (χ1n) is 9.41. The Bertz CT molecular complexity index is 1190. The average molecular weight is 410 g/mol. The summed E-state index contributed by atoms with van der Waals surface area (Å²) in [5.41, 5.74) is 1.77. The number of rotatable bonds is 6. The molecule has 30 heavy (non-hydrogen) atoms. The van der Waals surface area contributed by atoms with Gasteiger partial charge in [0.1, 0.15) is 29.1 Å². The molecule has 1 aliphatic rings. The third kappa shape index (κ3) is 3.54. The maximum atomic E-state index is 13.2. The largest absolute Gasteiger partial charge is 0.496 e. The molecule has 0 N–H and O–H groups in total. The third-order valence-electron chi connectivity index (χ3n) is 4.69. The van der Waals surface area contributed by atoms with Crippen LogP contribution < -0.4 is 29.1 Å². The summed E-state index contributed by atoms with van der Waals surface area (Å²) in [6.07, 6.45) is 1.96. The lowest BCUT2D eigenvalue weighted by molar-refractivity contribution is 0.174. The fraction of sp³-hybridized carbons (Fsp3) is 0.261. The summed E-state index contributed by atoms with van der Waals surface area (Å²) >= 11 is 0. The van der Waals surface area contributed by atoms with Gasteiger partial charge in [-0.3, -0.25) is 4.79 Å². The van der Waals surface area contributed by atoms with E-state index in [4.69, 9.17) is 28.1 Å². The van der Waals surface area contributed by atoms with Gasteiger partial charge in [-0.1, -0.05) is 5.57 Å². The van der Waals surface area contributed by atoms with Crippen molar-refractivity contribution in [1.82, 2.24) is 0 Å². The van der Waals surface area contributed by atoms with E-state index in [1.807, 2.05) is 19.9 Å². The van der Waals surface area contributed by atoms with Crippen LogP contribution in [0.3, 0.4) is 0 Å². The summed E-state index contributed by atoms with van der Waals surface area (Å²) in [4.78, 5) is 13.2. The van der Waals surface area contributed by atoms with Gasteiger partial charge >= 0.3 is 0 Å². The monoisotopic (exact) mass is 410 g/mol. The van der Waals surface area contributed by atoms with E-state index in [9.17, 15) is 4.79 Å². The third-order valence-corrected chi connectivity index (χ3v) is 4.69. The number of allylic oxidation sites excluding steroid dienone is 1. The number of fused-ring (bicyclic) bond motifs is 2. The maximum absolute atomic E-state index is 13.2. The maximum Gasteiger partial charge on any atom is 0.239 e. The van der Waals surface area contributed by atoms with Crippen molar-refractivity contribution in [2.45, 2.75) is 13.8 Å². The highest BCUT2D eigenvalue weighted by atomic mass is 16.7. The van der Waals surface area contributed by atoms with Gasteiger partial charge in [0, 0.05) is 17.7 Å². The van der Waals surface area contributed by atoms with Gasteiger partial charge < -0.3 is 28.1 Å². The highest BCUT2D eigenvalue weighted by Gasteiger charge is 2.23. The Balaban J connectivity index is 1.88. The Hall–Kier alpha value is -3.61. The van der Waals surface area contributed by atoms with Crippen molar-refractivity contribution in [2.24, 2.45) is 0 Å². The minimum absolute atomic E-state index is 0.0814. The molecule has 2 heterocycles. The van der Waals surface area contributed by atoms with Gasteiger partial charge in [0.05, 0.1) is 14.2 Å². The molecule has 1 aliphatic heterocycles. The molecule has 0 amide bonds. The van der Waals surface area contributed by atoms with Crippen LogP contribution in [0.2, 0.25) is 0 Å². The molecule has 2 aromatic carbocycles. The van der Waals surface area contributed by atoms with Crippen molar-refractivity contribution in [3.05, 3.63) is 52.2 Å². The minimum Gasteiger partial charge on any atom is -0.496 e. The zero-order valence-electron chi connectivity index (χ0n) is 17.2. The standard InChI is InChI=1S/C23H22O7/c1-13(2)7-8-27-15-10-18(25-3)20-19(11-15)30-22(23(26-4)21(20)24)14-5-6-16-17(9-14)29-12-28-16/h5-7,9-11H,8,12H2,1-4H3. The summed E-state index contributed by atoms with van der Waals surface area (Å²) in [5, 5.41) is 0.286. The fourth-order valence-electron chi connectivity index (χ4n) is 3.21. The van der Waals surface area contributed by atoms with E-state index in [-0.39, 0.29) is 29.1 Å². The van der Waals surface area contributed by atoms with Gasteiger partial charge in [-0.05, 0) is 38.1 Å².